The van der Waals surface area contributed by atoms with E-state index in [4.69, 9.17) is 32.7 Å². The van der Waals surface area contributed by atoms with Crippen molar-refractivity contribution in [2.75, 3.05) is 19.8 Å². The third kappa shape index (κ3) is 3.49. The van der Waals surface area contributed by atoms with Gasteiger partial charge in [-0.2, -0.15) is 0 Å². The third-order valence-electron chi connectivity index (χ3n) is 6.16. The fourth-order valence-corrected chi connectivity index (χ4v) is 5.32. The Morgan fingerprint density at radius 1 is 1.23 bits per heavy atom. The van der Waals surface area contributed by atoms with Crippen molar-refractivity contribution in [2.24, 2.45) is 11.8 Å². The van der Waals surface area contributed by atoms with Gasteiger partial charge in [-0.15, -0.1) is 0 Å². The molecule has 2 aliphatic heterocycles. The van der Waals surface area contributed by atoms with Crippen LogP contribution in [0.2, 0.25) is 10.0 Å². The Morgan fingerprint density at radius 3 is 2.69 bits per heavy atom. The Labute approximate surface area is 164 Å². The van der Waals surface area contributed by atoms with Crippen LogP contribution in [0.1, 0.15) is 38.2 Å². The number of rotatable bonds is 3. The fraction of sp³-hybridized carbons (Fsp3) is 0.650. The van der Waals surface area contributed by atoms with E-state index < -0.39 is 5.79 Å². The van der Waals surface area contributed by atoms with Crippen LogP contribution in [0, 0.1) is 11.8 Å². The Bertz CT molecular complexity index is 690. The molecular weight excluding hydrogens is 373 g/mol. The van der Waals surface area contributed by atoms with Gasteiger partial charge in [0.1, 0.15) is 0 Å². The number of hydrogen-bond acceptors (Lipinski definition) is 3. The van der Waals surface area contributed by atoms with Gasteiger partial charge in [0.05, 0.1) is 13.2 Å². The summed E-state index contributed by atoms with van der Waals surface area (Å²) in [5, 5.41) is 1.27. The predicted molar refractivity (Wildman–Crippen MR) is 101 cm³/mol. The summed E-state index contributed by atoms with van der Waals surface area (Å²) in [6.07, 6.45) is 4.26. The molecule has 1 amide bonds. The molecule has 2 unspecified atom stereocenters. The van der Waals surface area contributed by atoms with Crippen LogP contribution in [0.5, 0.6) is 0 Å². The molecule has 3 fully saturated rings. The smallest absolute Gasteiger partial charge is 0.226 e. The van der Waals surface area contributed by atoms with Gasteiger partial charge in [0, 0.05) is 41.4 Å². The Hall–Kier alpha value is -0.810. The van der Waals surface area contributed by atoms with Gasteiger partial charge in [0.15, 0.2) is 5.79 Å². The number of halogens is 2. The number of amides is 1. The van der Waals surface area contributed by atoms with Crippen LogP contribution >= 0.6 is 23.2 Å². The number of ether oxygens (including phenoxy) is 2. The summed E-state index contributed by atoms with van der Waals surface area (Å²) in [7, 11) is 0. The largest absolute Gasteiger partial charge is 0.348 e. The van der Waals surface area contributed by atoms with E-state index >= 15 is 0 Å². The van der Waals surface area contributed by atoms with Gasteiger partial charge in [0.25, 0.3) is 0 Å². The van der Waals surface area contributed by atoms with E-state index in [2.05, 4.69) is 11.8 Å². The summed E-state index contributed by atoms with van der Waals surface area (Å²) >= 11 is 12.3. The fourth-order valence-electron chi connectivity index (χ4n) is 4.84. The van der Waals surface area contributed by atoms with Crippen molar-refractivity contribution in [1.29, 1.82) is 0 Å². The maximum Gasteiger partial charge on any atom is 0.226 e. The summed E-state index contributed by atoms with van der Waals surface area (Å²) in [5.41, 5.74) is 1.000. The van der Waals surface area contributed by atoms with E-state index in [1.165, 1.54) is 0 Å². The predicted octanol–water partition coefficient (Wildman–Crippen LogP) is 4.32. The minimum Gasteiger partial charge on any atom is -0.348 e. The van der Waals surface area contributed by atoms with Crippen molar-refractivity contribution < 1.29 is 14.3 Å². The molecule has 2 saturated heterocycles. The van der Waals surface area contributed by atoms with E-state index in [1.807, 2.05) is 12.1 Å². The Kier molecular flexibility index (Phi) is 5.21. The van der Waals surface area contributed by atoms with E-state index in [-0.39, 0.29) is 17.9 Å². The number of carbonyl (C=O) groups excluding carboxylic acids is 1. The molecule has 1 aromatic rings. The molecule has 3 atom stereocenters. The van der Waals surface area contributed by atoms with E-state index in [9.17, 15) is 4.79 Å². The lowest BCUT2D eigenvalue weighted by Crippen LogP contribution is -2.49. The highest BCUT2D eigenvalue weighted by Crippen LogP contribution is 2.42. The second kappa shape index (κ2) is 7.31. The molecule has 142 valence electrons. The molecule has 1 saturated carbocycles. The summed E-state index contributed by atoms with van der Waals surface area (Å²) in [4.78, 5) is 15.1. The van der Waals surface area contributed by atoms with E-state index in [1.54, 1.807) is 6.07 Å². The second-order valence-electron chi connectivity index (χ2n) is 7.85. The molecule has 6 heteroatoms. The molecular formula is C20H25Cl2NO3. The highest BCUT2D eigenvalue weighted by molar-refractivity contribution is 6.35. The SMILES string of the molecule is C[C@H]1CC2(CCC1N1CCC(Cc3ccc(Cl)cc3Cl)C1=O)OCCO2. The molecule has 1 spiro atoms. The monoisotopic (exact) mass is 397 g/mol. The van der Waals surface area contributed by atoms with E-state index in [0.717, 1.165) is 37.8 Å². The molecule has 0 bridgehead atoms. The maximum atomic E-state index is 13.0. The molecule has 4 rings (SSSR count). The van der Waals surface area contributed by atoms with Crippen molar-refractivity contribution in [3.8, 4) is 0 Å². The first-order chi connectivity index (χ1) is 12.5. The summed E-state index contributed by atoms with van der Waals surface area (Å²) in [5.74, 6) is 0.256. The first-order valence-corrected chi connectivity index (χ1v) is 10.3. The zero-order chi connectivity index (χ0) is 18.3. The minimum atomic E-state index is -0.394. The summed E-state index contributed by atoms with van der Waals surface area (Å²) in [6, 6.07) is 5.80. The Morgan fingerprint density at radius 2 is 2.00 bits per heavy atom. The van der Waals surface area contributed by atoms with Crippen molar-refractivity contribution in [3.63, 3.8) is 0 Å². The Balaban J connectivity index is 1.41. The van der Waals surface area contributed by atoms with Crippen LogP contribution in [0.3, 0.4) is 0 Å². The van der Waals surface area contributed by atoms with Gasteiger partial charge in [-0.25, -0.2) is 0 Å². The quantitative estimate of drug-likeness (QED) is 0.762. The average Bonchev–Trinajstić information content (AvgIpc) is 3.19. The first kappa shape index (κ1) is 18.5. The molecule has 0 N–H and O–H groups in total. The zero-order valence-electron chi connectivity index (χ0n) is 15.0. The summed E-state index contributed by atoms with van der Waals surface area (Å²) < 4.78 is 11.7. The lowest BCUT2D eigenvalue weighted by atomic mass is 9.81. The number of carbonyl (C=O) groups is 1. The second-order valence-corrected chi connectivity index (χ2v) is 8.70. The van der Waals surface area contributed by atoms with Gasteiger partial charge in [-0.1, -0.05) is 36.2 Å². The van der Waals surface area contributed by atoms with Crippen LogP contribution in [-0.4, -0.2) is 42.4 Å². The van der Waals surface area contributed by atoms with Crippen molar-refractivity contribution in [3.05, 3.63) is 33.8 Å². The lowest BCUT2D eigenvalue weighted by molar-refractivity contribution is -0.195. The number of nitrogens with zero attached hydrogens (tertiary/aromatic N) is 1. The van der Waals surface area contributed by atoms with Crippen molar-refractivity contribution in [2.45, 2.75) is 50.9 Å². The van der Waals surface area contributed by atoms with Gasteiger partial charge >= 0.3 is 0 Å². The van der Waals surface area contributed by atoms with Gasteiger partial charge in [-0.05, 0) is 42.9 Å². The van der Waals surface area contributed by atoms with Gasteiger partial charge in [-0.3, -0.25) is 4.79 Å². The zero-order valence-corrected chi connectivity index (χ0v) is 16.6. The molecule has 26 heavy (non-hydrogen) atoms. The highest BCUT2D eigenvalue weighted by Gasteiger charge is 2.47. The molecule has 2 heterocycles. The molecule has 1 aromatic carbocycles. The van der Waals surface area contributed by atoms with Crippen molar-refractivity contribution >= 4 is 29.1 Å². The normalized spacial score (nSPS) is 31.1. The van der Waals surface area contributed by atoms with Gasteiger partial charge < -0.3 is 14.4 Å². The average molecular weight is 398 g/mol. The minimum absolute atomic E-state index is 0.00995. The molecule has 0 radical (unpaired) electrons. The summed E-state index contributed by atoms with van der Waals surface area (Å²) in [6.45, 7) is 4.42. The van der Waals surface area contributed by atoms with Crippen LogP contribution in [0.25, 0.3) is 0 Å². The third-order valence-corrected chi connectivity index (χ3v) is 6.74. The van der Waals surface area contributed by atoms with Crippen LogP contribution in [0.4, 0.5) is 0 Å². The molecule has 0 aromatic heterocycles. The van der Waals surface area contributed by atoms with E-state index in [0.29, 0.717) is 35.6 Å². The topological polar surface area (TPSA) is 38.8 Å². The number of likely N-dealkylation sites (tertiary alicyclic amines) is 1. The number of benzene rings is 1. The number of hydrogen-bond donors (Lipinski definition) is 0. The van der Waals surface area contributed by atoms with Crippen LogP contribution < -0.4 is 0 Å². The van der Waals surface area contributed by atoms with Gasteiger partial charge in [0.2, 0.25) is 5.91 Å². The standard InChI is InChI=1S/C20H25Cl2NO3/c1-13-12-20(25-8-9-26-20)6-4-18(13)23-7-5-15(19(23)24)10-14-2-3-16(21)11-17(14)22/h2-3,11,13,15,18H,4-10,12H2,1H3/t13-,15?,18?/m0/s1. The molecule has 1 aliphatic carbocycles. The molecule has 4 nitrogen and oxygen atoms in total. The van der Waals surface area contributed by atoms with Crippen LogP contribution in [-0.2, 0) is 20.7 Å². The van der Waals surface area contributed by atoms with Crippen LogP contribution in [0.15, 0.2) is 18.2 Å². The lowest BCUT2D eigenvalue weighted by Gasteiger charge is -2.43. The van der Waals surface area contributed by atoms with Crippen molar-refractivity contribution in [1.82, 2.24) is 4.90 Å². The maximum absolute atomic E-state index is 13.0. The highest BCUT2D eigenvalue weighted by atomic mass is 35.5. The first-order valence-electron chi connectivity index (χ1n) is 9.50. The molecule has 3 aliphatic rings.